The molecule has 1 aromatic heterocycles. The number of carbonyl (C=O) groups excluding carboxylic acids is 1. The summed E-state index contributed by atoms with van der Waals surface area (Å²) >= 11 is 1.43. The van der Waals surface area contributed by atoms with E-state index in [2.05, 4.69) is 5.32 Å². The van der Waals surface area contributed by atoms with E-state index < -0.39 is 0 Å². The third-order valence-electron chi connectivity index (χ3n) is 2.22. The van der Waals surface area contributed by atoms with Crippen molar-refractivity contribution in [2.75, 3.05) is 16.5 Å². The Morgan fingerprint density at radius 3 is 2.47 bits per heavy atom. The van der Waals surface area contributed by atoms with E-state index in [0.717, 1.165) is 0 Å². The van der Waals surface area contributed by atoms with Crippen molar-refractivity contribution >= 4 is 34.3 Å². The van der Waals surface area contributed by atoms with Gasteiger partial charge in [-0.1, -0.05) is 0 Å². The van der Waals surface area contributed by atoms with Crippen LogP contribution in [0.1, 0.15) is 10.4 Å². The Labute approximate surface area is 102 Å². The van der Waals surface area contributed by atoms with Crippen LogP contribution in [0.25, 0.3) is 0 Å². The van der Waals surface area contributed by atoms with Crippen molar-refractivity contribution in [3.05, 3.63) is 40.6 Å². The predicted molar refractivity (Wildman–Crippen MR) is 68.5 cm³/mol. The average molecular weight is 249 g/mol. The number of thiophene rings is 1. The fourth-order valence-corrected chi connectivity index (χ4v) is 1.97. The third kappa shape index (κ3) is 2.55. The lowest BCUT2D eigenvalue weighted by molar-refractivity contribution is 0.102. The molecular weight excluding hydrogens is 238 g/mol. The third-order valence-corrected chi connectivity index (χ3v) is 2.98. The molecule has 1 aromatic carbocycles. The summed E-state index contributed by atoms with van der Waals surface area (Å²) in [6.07, 6.45) is 0. The summed E-state index contributed by atoms with van der Waals surface area (Å²) in [5.41, 5.74) is 9.85. The van der Waals surface area contributed by atoms with Gasteiger partial charge in [-0.05, 0) is 24.3 Å². The summed E-state index contributed by atoms with van der Waals surface area (Å²) in [6.45, 7) is 0. The number of anilines is 3. The van der Waals surface area contributed by atoms with E-state index in [9.17, 15) is 4.79 Å². The van der Waals surface area contributed by atoms with Crippen molar-refractivity contribution < 1.29 is 10.0 Å². The molecule has 6 heteroatoms. The molecular formula is C11H11N3O2S. The zero-order valence-electron chi connectivity index (χ0n) is 8.81. The van der Waals surface area contributed by atoms with E-state index in [1.807, 2.05) is 5.48 Å². The number of hydrogen-bond donors (Lipinski definition) is 4. The molecule has 5 N–H and O–H groups in total. The number of nitrogen functional groups attached to an aromatic ring is 1. The van der Waals surface area contributed by atoms with Gasteiger partial charge >= 0.3 is 0 Å². The number of nitrogens with one attached hydrogen (secondary N) is 2. The van der Waals surface area contributed by atoms with Crippen molar-refractivity contribution in [3.63, 3.8) is 0 Å². The van der Waals surface area contributed by atoms with Gasteiger partial charge in [-0.3, -0.25) is 15.5 Å². The highest BCUT2D eigenvalue weighted by Crippen LogP contribution is 2.23. The Morgan fingerprint density at radius 2 is 1.94 bits per heavy atom. The van der Waals surface area contributed by atoms with Gasteiger partial charge in [0.2, 0.25) is 0 Å². The summed E-state index contributed by atoms with van der Waals surface area (Å²) in [5.74, 6) is -0.236. The Hall–Kier alpha value is -2.05. The van der Waals surface area contributed by atoms with Gasteiger partial charge in [0.05, 0.1) is 17.1 Å². The van der Waals surface area contributed by atoms with Crippen LogP contribution in [0.2, 0.25) is 0 Å². The van der Waals surface area contributed by atoms with Crippen LogP contribution in [0.5, 0.6) is 0 Å². The molecule has 1 amide bonds. The van der Waals surface area contributed by atoms with Crippen LogP contribution in [0, 0.1) is 0 Å². The van der Waals surface area contributed by atoms with E-state index in [1.165, 1.54) is 11.3 Å². The minimum Gasteiger partial charge on any atom is -0.396 e. The Morgan fingerprint density at radius 1 is 1.24 bits per heavy atom. The predicted octanol–water partition coefficient (Wildman–Crippen LogP) is 2.38. The molecule has 17 heavy (non-hydrogen) atoms. The van der Waals surface area contributed by atoms with Gasteiger partial charge in [-0.2, -0.15) is 0 Å². The van der Waals surface area contributed by atoms with Crippen LogP contribution >= 0.6 is 11.3 Å². The largest absolute Gasteiger partial charge is 0.396 e. The van der Waals surface area contributed by atoms with Crippen molar-refractivity contribution in [2.45, 2.75) is 0 Å². The molecule has 0 aliphatic heterocycles. The maximum absolute atomic E-state index is 11.8. The van der Waals surface area contributed by atoms with Gasteiger partial charge in [0.1, 0.15) is 0 Å². The quantitative estimate of drug-likeness (QED) is 0.629. The van der Waals surface area contributed by atoms with Crippen LogP contribution in [-0.2, 0) is 0 Å². The highest BCUT2D eigenvalue weighted by Gasteiger charge is 2.08. The lowest BCUT2D eigenvalue weighted by Crippen LogP contribution is -2.12. The molecule has 0 spiro atoms. The second-order valence-corrected chi connectivity index (χ2v) is 4.13. The number of amides is 1. The molecule has 0 atom stereocenters. The number of hydrogen-bond acceptors (Lipinski definition) is 5. The summed E-state index contributed by atoms with van der Waals surface area (Å²) < 4.78 is 0. The smallest absolute Gasteiger partial charge is 0.255 e. The highest BCUT2D eigenvalue weighted by molar-refractivity contribution is 7.09. The zero-order valence-corrected chi connectivity index (χ0v) is 9.62. The molecule has 0 fully saturated rings. The van der Waals surface area contributed by atoms with Gasteiger partial charge in [-0.15, -0.1) is 11.3 Å². The van der Waals surface area contributed by atoms with E-state index >= 15 is 0 Å². The molecule has 0 aliphatic carbocycles. The van der Waals surface area contributed by atoms with Crippen LogP contribution in [0.3, 0.4) is 0 Å². The Bertz CT molecular complexity index is 522. The van der Waals surface area contributed by atoms with Gasteiger partial charge in [0, 0.05) is 16.3 Å². The van der Waals surface area contributed by atoms with Crippen LogP contribution in [0.4, 0.5) is 17.1 Å². The standard InChI is InChI=1S/C11H11N3O2S/c12-9-5-17-6-10(9)13-11(15)7-1-3-8(14-16)4-2-7/h1-6,14,16H,12H2,(H,13,15). The average Bonchev–Trinajstić information content (AvgIpc) is 2.75. The second-order valence-electron chi connectivity index (χ2n) is 3.38. The zero-order chi connectivity index (χ0) is 12.3. The number of carbonyl (C=O) groups is 1. The van der Waals surface area contributed by atoms with Crippen LogP contribution in [-0.4, -0.2) is 11.1 Å². The molecule has 5 nitrogen and oxygen atoms in total. The molecule has 0 radical (unpaired) electrons. The molecule has 2 rings (SSSR count). The highest BCUT2D eigenvalue weighted by atomic mass is 32.1. The SMILES string of the molecule is Nc1cscc1NC(=O)c1ccc(NO)cc1. The molecule has 0 unspecified atom stereocenters. The monoisotopic (exact) mass is 249 g/mol. The summed E-state index contributed by atoms with van der Waals surface area (Å²) in [7, 11) is 0. The van der Waals surface area contributed by atoms with Crippen molar-refractivity contribution in [1.82, 2.24) is 0 Å². The maximum Gasteiger partial charge on any atom is 0.255 e. The van der Waals surface area contributed by atoms with E-state index in [1.54, 1.807) is 35.0 Å². The first-order chi connectivity index (χ1) is 8.20. The summed E-state index contributed by atoms with van der Waals surface area (Å²) in [6, 6.07) is 6.42. The van der Waals surface area contributed by atoms with Gasteiger partial charge < -0.3 is 11.1 Å². The van der Waals surface area contributed by atoms with Gasteiger partial charge in [-0.25, -0.2) is 0 Å². The first-order valence-corrected chi connectivity index (χ1v) is 5.78. The maximum atomic E-state index is 11.8. The number of benzene rings is 1. The first kappa shape index (κ1) is 11.4. The molecule has 1 heterocycles. The molecule has 0 saturated heterocycles. The van der Waals surface area contributed by atoms with Gasteiger partial charge in [0.15, 0.2) is 0 Å². The fraction of sp³-hybridized carbons (Fsp3) is 0. The van der Waals surface area contributed by atoms with E-state index in [0.29, 0.717) is 22.6 Å². The van der Waals surface area contributed by atoms with E-state index in [4.69, 9.17) is 10.9 Å². The summed E-state index contributed by atoms with van der Waals surface area (Å²) in [4.78, 5) is 11.8. The Balaban J connectivity index is 2.12. The normalized spacial score (nSPS) is 9.94. The molecule has 88 valence electrons. The molecule has 0 saturated carbocycles. The lowest BCUT2D eigenvalue weighted by Gasteiger charge is -2.05. The molecule has 2 aromatic rings. The Kier molecular flexibility index (Phi) is 3.27. The summed E-state index contributed by atoms with van der Waals surface area (Å²) in [5, 5.41) is 14.9. The number of nitrogens with two attached hydrogens (primary N) is 1. The van der Waals surface area contributed by atoms with Crippen molar-refractivity contribution in [2.24, 2.45) is 0 Å². The van der Waals surface area contributed by atoms with Crippen molar-refractivity contribution in [3.8, 4) is 0 Å². The van der Waals surface area contributed by atoms with Crippen molar-refractivity contribution in [1.29, 1.82) is 0 Å². The lowest BCUT2D eigenvalue weighted by atomic mass is 10.2. The topological polar surface area (TPSA) is 87.4 Å². The molecule has 0 aliphatic rings. The van der Waals surface area contributed by atoms with Crippen LogP contribution < -0.4 is 16.5 Å². The second kappa shape index (κ2) is 4.86. The van der Waals surface area contributed by atoms with Crippen LogP contribution in [0.15, 0.2) is 35.0 Å². The van der Waals surface area contributed by atoms with E-state index in [-0.39, 0.29) is 5.91 Å². The first-order valence-electron chi connectivity index (χ1n) is 4.84. The minimum atomic E-state index is -0.236. The fourth-order valence-electron chi connectivity index (χ4n) is 1.30. The molecule has 0 bridgehead atoms. The number of rotatable bonds is 3. The van der Waals surface area contributed by atoms with Gasteiger partial charge in [0.25, 0.3) is 5.91 Å². The minimum absolute atomic E-state index is 0.236.